The summed E-state index contributed by atoms with van der Waals surface area (Å²) in [6.45, 7) is 5.50. The fourth-order valence-electron chi connectivity index (χ4n) is 1.59. The molecule has 0 aromatic heterocycles. The van der Waals surface area contributed by atoms with E-state index < -0.39 is 0 Å². The van der Waals surface area contributed by atoms with Crippen molar-refractivity contribution in [1.82, 2.24) is 4.90 Å². The maximum atomic E-state index is 11.4. The fourth-order valence-corrected chi connectivity index (χ4v) is 1.59. The van der Waals surface area contributed by atoms with Gasteiger partial charge in [0.1, 0.15) is 0 Å². The summed E-state index contributed by atoms with van der Waals surface area (Å²) in [5.41, 5.74) is 5.16. The average Bonchev–Trinajstić information content (AvgIpc) is 2.43. The minimum atomic E-state index is -0.356. The summed E-state index contributed by atoms with van der Waals surface area (Å²) in [5.74, 6) is 0.0185. The molecule has 80 valence electrons. The van der Waals surface area contributed by atoms with Gasteiger partial charge in [0.2, 0.25) is 11.8 Å². The molecular formula is C10H18N2O2. The van der Waals surface area contributed by atoms with Gasteiger partial charge in [-0.05, 0) is 12.3 Å². The second-order valence-corrected chi connectivity index (χ2v) is 4.33. The van der Waals surface area contributed by atoms with Gasteiger partial charge in [-0.15, -0.1) is 0 Å². The van der Waals surface area contributed by atoms with Crippen molar-refractivity contribution in [1.29, 1.82) is 0 Å². The van der Waals surface area contributed by atoms with Crippen molar-refractivity contribution >= 4 is 11.8 Å². The summed E-state index contributed by atoms with van der Waals surface area (Å²) < 4.78 is 0. The number of hydrogen-bond acceptors (Lipinski definition) is 2. The first-order chi connectivity index (χ1) is 6.50. The lowest BCUT2D eigenvalue weighted by Gasteiger charge is -2.17. The first-order valence-electron chi connectivity index (χ1n) is 5.07. The maximum absolute atomic E-state index is 11.4. The maximum Gasteiger partial charge on any atom is 0.223 e. The van der Waals surface area contributed by atoms with Gasteiger partial charge in [0, 0.05) is 19.5 Å². The minimum Gasteiger partial charge on any atom is -0.369 e. The van der Waals surface area contributed by atoms with Crippen molar-refractivity contribution in [2.24, 2.45) is 17.6 Å². The molecule has 0 saturated carbocycles. The highest BCUT2D eigenvalue weighted by Crippen LogP contribution is 2.18. The predicted octanol–water partition coefficient (Wildman–Crippen LogP) is 0.366. The Hall–Kier alpha value is -1.06. The zero-order valence-corrected chi connectivity index (χ0v) is 8.82. The second-order valence-electron chi connectivity index (χ2n) is 4.33. The van der Waals surface area contributed by atoms with E-state index in [4.69, 9.17) is 5.73 Å². The number of likely N-dealkylation sites (tertiary alicyclic amines) is 1. The minimum absolute atomic E-state index is 0.0643. The van der Waals surface area contributed by atoms with E-state index in [1.54, 1.807) is 4.90 Å². The molecule has 1 saturated heterocycles. The lowest BCUT2D eigenvalue weighted by Crippen LogP contribution is -2.29. The molecule has 4 heteroatoms. The Kier molecular flexibility index (Phi) is 3.49. The van der Waals surface area contributed by atoms with Crippen molar-refractivity contribution in [3.63, 3.8) is 0 Å². The molecule has 1 heterocycles. The molecule has 2 amide bonds. The molecule has 1 atom stereocenters. The summed E-state index contributed by atoms with van der Waals surface area (Å²) in [6.07, 6.45) is 1.28. The van der Waals surface area contributed by atoms with Gasteiger partial charge in [0.25, 0.3) is 0 Å². The summed E-state index contributed by atoms with van der Waals surface area (Å²) >= 11 is 0. The third-order valence-electron chi connectivity index (χ3n) is 2.59. The number of carbonyl (C=O) groups excluding carboxylic acids is 2. The first-order valence-corrected chi connectivity index (χ1v) is 5.07. The van der Waals surface area contributed by atoms with E-state index in [2.05, 4.69) is 13.8 Å². The van der Waals surface area contributed by atoms with Crippen LogP contribution in [0.3, 0.4) is 0 Å². The smallest absolute Gasteiger partial charge is 0.223 e. The number of amides is 2. The summed E-state index contributed by atoms with van der Waals surface area (Å²) in [5, 5.41) is 0. The Balaban J connectivity index is 2.41. The zero-order valence-electron chi connectivity index (χ0n) is 8.82. The van der Waals surface area contributed by atoms with Crippen molar-refractivity contribution in [2.45, 2.75) is 26.7 Å². The van der Waals surface area contributed by atoms with Crippen molar-refractivity contribution < 1.29 is 9.59 Å². The van der Waals surface area contributed by atoms with E-state index in [1.165, 1.54) is 0 Å². The largest absolute Gasteiger partial charge is 0.369 e. The van der Waals surface area contributed by atoms with Crippen molar-refractivity contribution in [3.8, 4) is 0 Å². The number of rotatable bonds is 4. The Morgan fingerprint density at radius 1 is 1.64 bits per heavy atom. The molecule has 0 unspecified atom stereocenters. The quantitative estimate of drug-likeness (QED) is 0.709. The SMILES string of the molecule is CC(C)CCN1C[C@@H](C(N)=O)CC1=O. The zero-order chi connectivity index (χ0) is 10.7. The topological polar surface area (TPSA) is 63.4 Å². The van der Waals surface area contributed by atoms with E-state index in [0.717, 1.165) is 13.0 Å². The molecule has 1 rings (SSSR count). The molecule has 14 heavy (non-hydrogen) atoms. The Bertz CT molecular complexity index is 238. The van der Waals surface area contributed by atoms with Crippen LogP contribution >= 0.6 is 0 Å². The van der Waals surface area contributed by atoms with Crippen LogP contribution in [0.2, 0.25) is 0 Å². The standard InChI is InChI=1S/C10H18N2O2/c1-7(2)3-4-12-6-8(10(11)14)5-9(12)13/h7-8H,3-6H2,1-2H3,(H2,11,14)/t8-/m0/s1. The fraction of sp³-hybridized carbons (Fsp3) is 0.800. The lowest BCUT2D eigenvalue weighted by molar-refractivity contribution is -0.128. The highest BCUT2D eigenvalue weighted by Gasteiger charge is 2.32. The first kappa shape index (κ1) is 11.0. The monoisotopic (exact) mass is 198 g/mol. The molecule has 2 N–H and O–H groups in total. The lowest BCUT2D eigenvalue weighted by atomic mass is 10.1. The third-order valence-corrected chi connectivity index (χ3v) is 2.59. The van der Waals surface area contributed by atoms with E-state index in [-0.39, 0.29) is 17.7 Å². The van der Waals surface area contributed by atoms with Crippen LogP contribution in [-0.2, 0) is 9.59 Å². The number of nitrogens with zero attached hydrogens (tertiary/aromatic N) is 1. The Morgan fingerprint density at radius 2 is 2.29 bits per heavy atom. The normalized spacial score (nSPS) is 22.1. The molecule has 0 aliphatic carbocycles. The summed E-state index contributed by atoms with van der Waals surface area (Å²) in [4.78, 5) is 24.0. The van der Waals surface area contributed by atoms with Gasteiger partial charge in [-0.2, -0.15) is 0 Å². The van der Waals surface area contributed by atoms with Crippen LogP contribution in [0.25, 0.3) is 0 Å². The highest BCUT2D eigenvalue weighted by molar-refractivity contribution is 5.88. The van der Waals surface area contributed by atoms with E-state index >= 15 is 0 Å². The number of carbonyl (C=O) groups is 2. The van der Waals surface area contributed by atoms with Gasteiger partial charge in [-0.1, -0.05) is 13.8 Å². The average molecular weight is 198 g/mol. The number of hydrogen-bond donors (Lipinski definition) is 1. The highest BCUT2D eigenvalue weighted by atomic mass is 16.2. The number of primary amides is 1. The van der Waals surface area contributed by atoms with Gasteiger partial charge in [-0.25, -0.2) is 0 Å². The van der Waals surface area contributed by atoms with Crippen LogP contribution in [-0.4, -0.2) is 29.8 Å². The van der Waals surface area contributed by atoms with Crippen LogP contribution in [0.4, 0.5) is 0 Å². The molecule has 0 spiro atoms. The van der Waals surface area contributed by atoms with E-state index in [0.29, 0.717) is 18.9 Å². The van der Waals surface area contributed by atoms with Gasteiger partial charge in [-0.3, -0.25) is 9.59 Å². The molecule has 1 aliphatic heterocycles. The van der Waals surface area contributed by atoms with Crippen LogP contribution in [0.15, 0.2) is 0 Å². The molecule has 1 aliphatic rings. The van der Waals surface area contributed by atoms with Crippen LogP contribution < -0.4 is 5.73 Å². The summed E-state index contributed by atoms with van der Waals surface area (Å²) in [6, 6.07) is 0. The second kappa shape index (κ2) is 4.44. The van der Waals surface area contributed by atoms with E-state index in [9.17, 15) is 9.59 Å². The van der Waals surface area contributed by atoms with Crippen molar-refractivity contribution in [3.05, 3.63) is 0 Å². The predicted molar refractivity (Wildman–Crippen MR) is 53.3 cm³/mol. The molecule has 4 nitrogen and oxygen atoms in total. The van der Waals surface area contributed by atoms with Crippen LogP contribution in [0, 0.1) is 11.8 Å². The van der Waals surface area contributed by atoms with Gasteiger partial charge in [0.05, 0.1) is 5.92 Å². The number of nitrogens with two attached hydrogens (primary N) is 1. The summed E-state index contributed by atoms with van der Waals surface area (Å²) in [7, 11) is 0. The molecule has 1 fully saturated rings. The van der Waals surface area contributed by atoms with Gasteiger partial charge in [0.15, 0.2) is 0 Å². The Morgan fingerprint density at radius 3 is 2.71 bits per heavy atom. The Labute approximate surface area is 84.4 Å². The third kappa shape index (κ3) is 2.72. The van der Waals surface area contributed by atoms with Crippen LogP contribution in [0.1, 0.15) is 26.7 Å². The van der Waals surface area contributed by atoms with Gasteiger partial charge < -0.3 is 10.6 Å². The van der Waals surface area contributed by atoms with Crippen molar-refractivity contribution in [2.75, 3.05) is 13.1 Å². The van der Waals surface area contributed by atoms with Gasteiger partial charge >= 0.3 is 0 Å². The van der Waals surface area contributed by atoms with E-state index in [1.807, 2.05) is 0 Å². The molecule has 0 radical (unpaired) electrons. The van der Waals surface area contributed by atoms with Crippen LogP contribution in [0.5, 0.6) is 0 Å². The molecule has 0 aromatic rings. The molecule has 0 bridgehead atoms. The molecular weight excluding hydrogens is 180 g/mol. The molecule has 0 aromatic carbocycles.